The molecule has 0 aliphatic carbocycles. The van der Waals surface area contributed by atoms with Crippen molar-refractivity contribution < 1.29 is 28.7 Å². The van der Waals surface area contributed by atoms with Crippen molar-refractivity contribution >= 4 is 56.3 Å². The van der Waals surface area contributed by atoms with E-state index in [0.29, 0.717) is 15.8 Å². The number of carbonyl (C=O) groups is 4. The Kier molecular flexibility index (Phi) is 6.70. The van der Waals surface area contributed by atoms with Gasteiger partial charge in [0.2, 0.25) is 0 Å². The minimum atomic E-state index is -0.506. The molecule has 2 aromatic rings. The molecule has 0 aliphatic rings. The fourth-order valence-electron chi connectivity index (χ4n) is 2.05. The number of methoxy groups -OCH3 is 2. The van der Waals surface area contributed by atoms with Crippen LogP contribution in [-0.2, 0) is 30.4 Å². The van der Waals surface area contributed by atoms with Crippen LogP contribution in [0.5, 0.6) is 0 Å². The summed E-state index contributed by atoms with van der Waals surface area (Å²) in [6.07, 6.45) is 0. The van der Waals surface area contributed by atoms with Crippen LogP contribution in [0.3, 0.4) is 0 Å². The number of carbonyl (C=O) groups excluding carboxylic acids is 4. The zero-order valence-electron chi connectivity index (χ0n) is 14.3. The van der Waals surface area contributed by atoms with Gasteiger partial charge in [0.1, 0.15) is 6.54 Å². The molecule has 0 saturated heterocycles. The standard InChI is InChI=1S/C16H16N2O6S2/c1-9(19)25-8-13(20)17-16-18(7-14(21)23-2)11-5-4-10(15(22)24-3)6-12(11)26-16/h4-6H,7-8H2,1-3H3. The first-order valence-corrected chi connectivity index (χ1v) is 9.15. The van der Waals surface area contributed by atoms with Gasteiger partial charge in [-0.2, -0.15) is 4.99 Å². The van der Waals surface area contributed by atoms with Gasteiger partial charge in [-0.3, -0.25) is 14.4 Å². The van der Waals surface area contributed by atoms with Crippen molar-refractivity contribution in [3.8, 4) is 0 Å². The summed E-state index contributed by atoms with van der Waals surface area (Å²) < 4.78 is 11.6. The van der Waals surface area contributed by atoms with Crippen molar-refractivity contribution in [2.24, 2.45) is 4.99 Å². The second kappa shape index (κ2) is 8.77. The molecule has 8 nitrogen and oxygen atoms in total. The Balaban J connectivity index is 2.53. The number of rotatable bonds is 5. The number of ether oxygens (including phenoxy) is 2. The van der Waals surface area contributed by atoms with Crippen LogP contribution in [0.25, 0.3) is 10.2 Å². The predicted molar refractivity (Wildman–Crippen MR) is 96.9 cm³/mol. The van der Waals surface area contributed by atoms with Gasteiger partial charge in [-0.15, -0.1) is 0 Å². The van der Waals surface area contributed by atoms with Crippen molar-refractivity contribution in [1.29, 1.82) is 0 Å². The van der Waals surface area contributed by atoms with Crippen LogP contribution >= 0.6 is 23.1 Å². The molecule has 0 fully saturated rings. The van der Waals surface area contributed by atoms with Crippen molar-refractivity contribution in [2.75, 3.05) is 20.0 Å². The Hall–Kier alpha value is -2.46. The van der Waals surface area contributed by atoms with E-state index < -0.39 is 17.8 Å². The van der Waals surface area contributed by atoms with E-state index in [9.17, 15) is 19.2 Å². The van der Waals surface area contributed by atoms with Gasteiger partial charge in [-0.05, 0) is 18.2 Å². The van der Waals surface area contributed by atoms with Gasteiger partial charge in [0.05, 0.1) is 35.8 Å². The molecule has 26 heavy (non-hydrogen) atoms. The second-order valence-electron chi connectivity index (χ2n) is 5.01. The minimum absolute atomic E-state index is 0.0881. The summed E-state index contributed by atoms with van der Waals surface area (Å²) >= 11 is 2.01. The molecule has 0 radical (unpaired) electrons. The van der Waals surface area contributed by atoms with Gasteiger partial charge in [-0.25, -0.2) is 4.79 Å². The van der Waals surface area contributed by atoms with E-state index in [2.05, 4.69) is 9.73 Å². The molecule has 0 saturated carbocycles. The normalized spacial score (nSPS) is 11.4. The van der Waals surface area contributed by atoms with Gasteiger partial charge >= 0.3 is 11.9 Å². The monoisotopic (exact) mass is 396 g/mol. The third-order valence-corrected chi connectivity index (χ3v) is 5.08. The maximum atomic E-state index is 12.0. The zero-order chi connectivity index (χ0) is 19.3. The number of amides is 1. The quantitative estimate of drug-likeness (QED) is 0.703. The van der Waals surface area contributed by atoms with E-state index in [-0.39, 0.29) is 22.2 Å². The number of fused-ring (bicyclic) bond motifs is 1. The highest BCUT2D eigenvalue weighted by molar-refractivity contribution is 8.14. The largest absolute Gasteiger partial charge is 0.468 e. The molecule has 0 N–H and O–H groups in total. The van der Waals surface area contributed by atoms with Crippen LogP contribution in [0.15, 0.2) is 23.2 Å². The van der Waals surface area contributed by atoms with Crippen molar-refractivity contribution in [2.45, 2.75) is 13.5 Å². The first-order valence-electron chi connectivity index (χ1n) is 7.35. The lowest BCUT2D eigenvalue weighted by atomic mass is 10.2. The molecule has 1 aromatic carbocycles. The Morgan fingerprint density at radius 2 is 1.92 bits per heavy atom. The topological polar surface area (TPSA) is 104 Å². The second-order valence-corrected chi connectivity index (χ2v) is 7.17. The van der Waals surface area contributed by atoms with E-state index in [1.54, 1.807) is 18.2 Å². The smallest absolute Gasteiger partial charge is 0.337 e. The lowest BCUT2D eigenvalue weighted by Gasteiger charge is -2.04. The summed E-state index contributed by atoms with van der Waals surface area (Å²) in [5, 5.41) is -0.185. The molecular weight excluding hydrogens is 380 g/mol. The summed E-state index contributed by atoms with van der Waals surface area (Å²) in [5.74, 6) is -1.58. The highest BCUT2D eigenvalue weighted by Crippen LogP contribution is 2.20. The van der Waals surface area contributed by atoms with Crippen LogP contribution < -0.4 is 4.80 Å². The number of hydrogen-bond donors (Lipinski definition) is 0. The third-order valence-electron chi connectivity index (χ3n) is 3.24. The molecule has 2 rings (SSSR count). The highest BCUT2D eigenvalue weighted by atomic mass is 32.2. The Labute approximate surface area is 156 Å². The van der Waals surface area contributed by atoms with Gasteiger partial charge in [0.15, 0.2) is 9.92 Å². The number of benzene rings is 1. The molecular formula is C16H16N2O6S2. The molecule has 0 bridgehead atoms. The molecule has 0 atom stereocenters. The SMILES string of the molecule is COC(=O)Cn1c(=NC(=O)CSC(C)=O)sc2cc(C(=O)OC)ccc21. The number of aromatic nitrogens is 1. The lowest BCUT2D eigenvalue weighted by Crippen LogP contribution is -2.22. The fraction of sp³-hybridized carbons (Fsp3) is 0.312. The first-order chi connectivity index (χ1) is 12.3. The van der Waals surface area contributed by atoms with E-state index in [4.69, 9.17) is 4.74 Å². The molecule has 138 valence electrons. The lowest BCUT2D eigenvalue weighted by molar-refractivity contribution is -0.141. The van der Waals surface area contributed by atoms with Gasteiger partial charge in [-0.1, -0.05) is 23.1 Å². The number of thiazole rings is 1. The fourth-order valence-corrected chi connectivity index (χ4v) is 3.53. The van der Waals surface area contributed by atoms with Crippen molar-refractivity contribution in [3.63, 3.8) is 0 Å². The van der Waals surface area contributed by atoms with Crippen LogP contribution in [0.2, 0.25) is 0 Å². The summed E-state index contributed by atoms with van der Waals surface area (Å²) in [5.41, 5.74) is 0.968. The van der Waals surface area contributed by atoms with E-state index >= 15 is 0 Å². The maximum absolute atomic E-state index is 12.0. The van der Waals surface area contributed by atoms with E-state index in [1.807, 2.05) is 0 Å². The van der Waals surface area contributed by atoms with Gasteiger partial charge < -0.3 is 14.0 Å². The molecule has 1 aromatic heterocycles. The number of nitrogens with zero attached hydrogens (tertiary/aromatic N) is 2. The minimum Gasteiger partial charge on any atom is -0.468 e. The summed E-state index contributed by atoms with van der Waals surface area (Å²) in [6, 6.07) is 4.81. The Morgan fingerprint density at radius 3 is 2.54 bits per heavy atom. The van der Waals surface area contributed by atoms with Crippen molar-refractivity contribution in [1.82, 2.24) is 4.57 Å². The predicted octanol–water partition coefficient (Wildman–Crippen LogP) is 1.37. The Bertz CT molecular complexity index is 944. The average Bonchev–Trinajstić information content (AvgIpc) is 2.95. The highest BCUT2D eigenvalue weighted by Gasteiger charge is 2.14. The van der Waals surface area contributed by atoms with Crippen LogP contribution in [0.1, 0.15) is 17.3 Å². The summed E-state index contributed by atoms with van der Waals surface area (Å²) in [6.45, 7) is 1.23. The first kappa shape index (κ1) is 19.9. The van der Waals surface area contributed by atoms with Crippen molar-refractivity contribution in [3.05, 3.63) is 28.6 Å². The molecule has 0 unspecified atom stereocenters. The zero-order valence-corrected chi connectivity index (χ0v) is 15.9. The van der Waals surface area contributed by atoms with E-state index in [1.165, 1.54) is 25.7 Å². The Morgan fingerprint density at radius 1 is 1.19 bits per heavy atom. The number of esters is 2. The molecule has 0 spiro atoms. The summed E-state index contributed by atoms with van der Waals surface area (Å²) in [7, 11) is 2.54. The average molecular weight is 396 g/mol. The van der Waals surface area contributed by atoms with Gasteiger partial charge in [0.25, 0.3) is 5.91 Å². The van der Waals surface area contributed by atoms with Crippen LogP contribution in [-0.4, -0.2) is 47.5 Å². The third kappa shape index (κ3) is 4.79. The van der Waals surface area contributed by atoms with Gasteiger partial charge in [0, 0.05) is 6.92 Å². The van der Waals surface area contributed by atoms with Crippen LogP contribution in [0.4, 0.5) is 0 Å². The number of hydrogen-bond acceptors (Lipinski definition) is 8. The maximum Gasteiger partial charge on any atom is 0.337 e. The van der Waals surface area contributed by atoms with Crippen LogP contribution in [0, 0.1) is 0 Å². The van der Waals surface area contributed by atoms with E-state index in [0.717, 1.165) is 23.1 Å². The molecule has 10 heteroatoms. The number of thioether (sulfide) groups is 1. The molecule has 1 heterocycles. The molecule has 1 amide bonds. The molecule has 0 aliphatic heterocycles. The summed E-state index contributed by atoms with van der Waals surface area (Å²) in [4.78, 5) is 50.6.